The number of aryl methyl sites for hydroxylation is 1. The summed E-state index contributed by atoms with van der Waals surface area (Å²) in [5.41, 5.74) is 9.25. The van der Waals surface area contributed by atoms with Crippen molar-refractivity contribution in [2.45, 2.75) is 32.1 Å². The number of rotatable bonds is 4. The average Bonchev–Trinajstić information content (AvgIpc) is 2.48. The van der Waals surface area contributed by atoms with Crippen LogP contribution in [0.1, 0.15) is 36.3 Å². The highest BCUT2D eigenvalue weighted by molar-refractivity contribution is 5.76. The van der Waals surface area contributed by atoms with Crippen molar-refractivity contribution < 1.29 is 4.79 Å². The molecule has 2 rings (SSSR count). The Morgan fingerprint density at radius 2 is 2.00 bits per heavy atom. The summed E-state index contributed by atoms with van der Waals surface area (Å²) in [6.07, 6.45) is 2.73. The summed E-state index contributed by atoms with van der Waals surface area (Å²) in [7, 11) is 4.01. The molecule has 116 valence electrons. The Morgan fingerprint density at radius 1 is 1.33 bits per heavy atom. The van der Waals surface area contributed by atoms with Gasteiger partial charge in [-0.25, -0.2) is 0 Å². The second-order valence-corrected chi connectivity index (χ2v) is 6.32. The average molecular weight is 289 g/mol. The number of carbonyl (C=O) groups is 1. The molecule has 0 radical (unpaired) electrons. The first-order valence-corrected chi connectivity index (χ1v) is 7.76. The lowest BCUT2D eigenvalue weighted by Gasteiger charge is -2.32. The molecule has 1 aromatic rings. The van der Waals surface area contributed by atoms with Crippen molar-refractivity contribution in [2.75, 3.05) is 39.5 Å². The predicted octanol–water partition coefficient (Wildman–Crippen LogP) is 2.23. The Morgan fingerprint density at radius 3 is 2.57 bits per heavy atom. The van der Waals surface area contributed by atoms with Gasteiger partial charge < -0.3 is 15.5 Å². The fraction of sp³-hybridized carbons (Fsp3) is 0.588. The van der Waals surface area contributed by atoms with Gasteiger partial charge in [0, 0.05) is 31.7 Å². The topological polar surface area (TPSA) is 49.6 Å². The smallest absolute Gasteiger partial charge is 0.223 e. The van der Waals surface area contributed by atoms with Crippen LogP contribution in [0.4, 0.5) is 5.69 Å². The maximum Gasteiger partial charge on any atom is 0.223 e. The summed E-state index contributed by atoms with van der Waals surface area (Å²) < 4.78 is 0. The minimum absolute atomic E-state index is 0.288. The Hall–Kier alpha value is -1.55. The van der Waals surface area contributed by atoms with Crippen molar-refractivity contribution >= 4 is 11.6 Å². The van der Waals surface area contributed by atoms with E-state index < -0.39 is 0 Å². The van der Waals surface area contributed by atoms with Crippen LogP contribution in [0.3, 0.4) is 0 Å². The quantitative estimate of drug-likeness (QED) is 0.865. The van der Waals surface area contributed by atoms with Crippen molar-refractivity contribution in [3.8, 4) is 0 Å². The van der Waals surface area contributed by atoms with Crippen LogP contribution in [0.15, 0.2) is 18.2 Å². The maximum absolute atomic E-state index is 12.1. The lowest BCUT2D eigenvalue weighted by Crippen LogP contribution is -2.39. The Balaban J connectivity index is 1.88. The molecular weight excluding hydrogens is 262 g/mol. The van der Waals surface area contributed by atoms with E-state index in [0.717, 1.165) is 43.7 Å². The van der Waals surface area contributed by atoms with Crippen molar-refractivity contribution in [1.29, 1.82) is 0 Å². The number of carbonyl (C=O) groups excluding carboxylic acids is 1. The van der Waals surface area contributed by atoms with E-state index in [1.165, 1.54) is 5.56 Å². The zero-order valence-electron chi connectivity index (χ0n) is 13.4. The van der Waals surface area contributed by atoms with E-state index in [1.54, 1.807) is 0 Å². The Kier molecular flexibility index (Phi) is 5.23. The van der Waals surface area contributed by atoms with Crippen molar-refractivity contribution in [1.82, 2.24) is 9.80 Å². The van der Waals surface area contributed by atoms with Crippen LogP contribution in [-0.4, -0.2) is 49.4 Å². The highest BCUT2D eigenvalue weighted by atomic mass is 16.2. The van der Waals surface area contributed by atoms with Crippen LogP contribution in [0.25, 0.3) is 0 Å². The molecule has 0 saturated carbocycles. The van der Waals surface area contributed by atoms with Gasteiger partial charge in [-0.15, -0.1) is 0 Å². The lowest BCUT2D eigenvalue weighted by molar-refractivity contribution is -0.132. The van der Waals surface area contributed by atoms with Crippen molar-refractivity contribution in [3.63, 3.8) is 0 Å². The number of nitrogen functional groups attached to an aromatic ring is 1. The van der Waals surface area contributed by atoms with E-state index in [4.69, 9.17) is 5.73 Å². The highest BCUT2D eigenvalue weighted by Gasteiger charge is 2.23. The standard InChI is InChI=1S/C17H27N3O/c1-13-12-15(4-5-16(13)18)14-6-10-20(11-7-14)17(21)8-9-19(2)3/h4-5,12,14H,6-11,18H2,1-3H3. The molecule has 2 N–H and O–H groups in total. The van der Waals surface area contributed by atoms with Gasteiger partial charge in [-0.05, 0) is 57.0 Å². The van der Waals surface area contributed by atoms with E-state index in [-0.39, 0.29) is 5.91 Å². The van der Waals surface area contributed by atoms with Crippen LogP contribution in [0.5, 0.6) is 0 Å². The van der Waals surface area contributed by atoms with Gasteiger partial charge in [-0.2, -0.15) is 0 Å². The van der Waals surface area contributed by atoms with Gasteiger partial charge in [0.2, 0.25) is 5.91 Å². The fourth-order valence-electron chi connectivity index (χ4n) is 2.89. The van der Waals surface area contributed by atoms with Gasteiger partial charge in [0.05, 0.1) is 0 Å². The fourth-order valence-corrected chi connectivity index (χ4v) is 2.89. The highest BCUT2D eigenvalue weighted by Crippen LogP contribution is 2.29. The van der Waals surface area contributed by atoms with E-state index in [1.807, 2.05) is 25.1 Å². The molecule has 1 amide bonds. The molecule has 0 atom stereocenters. The van der Waals surface area contributed by atoms with Gasteiger partial charge in [0.15, 0.2) is 0 Å². The molecule has 1 saturated heterocycles. The van der Waals surface area contributed by atoms with Gasteiger partial charge in [0.25, 0.3) is 0 Å². The number of piperidine rings is 1. The van der Waals surface area contributed by atoms with Crippen molar-refractivity contribution in [2.24, 2.45) is 0 Å². The minimum atomic E-state index is 0.288. The molecule has 4 heteroatoms. The largest absolute Gasteiger partial charge is 0.399 e. The second-order valence-electron chi connectivity index (χ2n) is 6.32. The zero-order chi connectivity index (χ0) is 15.4. The monoisotopic (exact) mass is 289 g/mol. The molecule has 0 unspecified atom stereocenters. The predicted molar refractivity (Wildman–Crippen MR) is 87.3 cm³/mol. The summed E-state index contributed by atoms with van der Waals surface area (Å²) in [5, 5.41) is 0. The first-order valence-electron chi connectivity index (χ1n) is 7.76. The molecular formula is C17H27N3O. The van der Waals surface area contributed by atoms with Crippen LogP contribution in [0.2, 0.25) is 0 Å². The van der Waals surface area contributed by atoms with Gasteiger partial charge in [0.1, 0.15) is 0 Å². The molecule has 21 heavy (non-hydrogen) atoms. The maximum atomic E-state index is 12.1. The molecule has 1 heterocycles. The molecule has 1 aromatic carbocycles. The number of benzene rings is 1. The first-order chi connectivity index (χ1) is 9.97. The Labute approximate surface area is 127 Å². The summed E-state index contributed by atoms with van der Waals surface area (Å²) in [6, 6.07) is 6.33. The zero-order valence-corrected chi connectivity index (χ0v) is 13.4. The number of likely N-dealkylation sites (tertiary alicyclic amines) is 1. The molecule has 1 fully saturated rings. The summed E-state index contributed by atoms with van der Waals surface area (Å²) in [4.78, 5) is 16.2. The van der Waals surface area contributed by atoms with Crippen LogP contribution in [0, 0.1) is 6.92 Å². The summed E-state index contributed by atoms with van der Waals surface area (Å²) in [6.45, 7) is 4.63. The van der Waals surface area contributed by atoms with Crippen LogP contribution in [-0.2, 0) is 4.79 Å². The first kappa shape index (κ1) is 15.8. The van der Waals surface area contributed by atoms with Gasteiger partial charge in [-0.3, -0.25) is 4.79 Å². The third kappa shape index (κ3) is 4.21. The van der Waals surface area contributed by atoms with Crippen molar-refractivity contribution in [3.05, 3.63) is 29.3 Å². The van der Waals surface area contributed by atoms with Crippen LogP contribution >= 0.6 is 0 Å². The van der Waals surface area contributed by atoms with Gasteiger partial charge in [-0.1, -0.05) is 12.1 Å². The summed E-state index contributed by atoms with van der Waals surface area (Å²) >= 11 is 0. The van der Waals surface area contributed by atoms with E-state index >= 15 is 0 Å². The van der Waals surface area contributed by atoms with E-state index in [9.17, 15) is 4.79 Å². The molecule has 0 bridgehead atoms. The van der Waals surface area contributed by atoms with E-state index in [2.05, 4.69) is 24.0 Å². The number of nitrogens with two attached hydrogens (primary N) is 1. The van der Waals surface area contributed by atoms with E-state index in [0.29, 0.717) is 12.3 Å². The molecule has 0 aliphatic carbocycles. The van der Waals surface area contributed by atoms with Gasteiger partial charge >= 0.3 is 0 Å². The molecule has 4 nitrogen and oxygen atoms in total. The number of hydrogen-bond acceptors (Lipinski definition) is 3. The van der Waals surface area contributed by atoms with Crippen LogP contribution < -0.4 is 5.73 Å². The summed E-state index contributed by atoms with van der Waals surface area (Å²) in [5.74, 6) is 0.845. The third-order valence-electron chi connectivity index (χ3n) is 4.39. The number of hydrogen-bond donors (Lipinski definition) is 1. The molecule has 1 aliphatic heterocycles. The second kappa shape index (κ2) is 6.94. The third-order valence-corrected chi connectivity index (χ3v) is 4.39. The number of anilines is 1. The number of nitrogens with zero attached hydrogens (tertiary/aromatic N) is 2. The number of amides is 1. The molecule has 0 spiro atoms. The molecule has 0 aromatic heterocycles. The lowest BCUT2D eigenvalue weighted by atomic mass is 9.88. The Bertz CT molecular complexity index is 491. The molecule has 1 aliphatic rings. The normalized spacial score (nSPS) is 16.5. The minimum Gasteiger partial charge on any atom is -0.399 e. The SMILES string of the molecule is Cc1cc(C2CCN(C(=O)CCN(C)C)CC2)ccc1N.